The maximum Gasteiger partial charge on any atom is 0.224 e. The molecule has 17 heavy (non-hydrogen) atoms. The van der Waals surface area contributed by atoms with E-state index in [0.29, 0.717) is 22.5 Å². The predicted octanol–water partition coefficient (Wildman–Crippen LogP) is -0.00752. The third kappa shape index (κ3) is 1.37. The molecule has 0 spiro atoms. The fraction of sp³-hybridized carbons (Fsp3) is 0. The van der Waals surface area contributed by atoms with Crippen LogP contribution in [0, 0.1) is 11.3 Å². The van der Waals surface area contributed by atoms with E-state index in [0.717, 1.165) is 0 Å². The summed E-state index contributed by atoms with van der Waals surface area (Å²) in [6.45, 7) is 0. The number of H-pyrrole nitrogens is 1. The quantitative estimate of drug-likeness (QED) is 0.601. The monoisotopic (exact) mass is 226 g/mol. The molecule has 8 heteroatoms. The highest BCUT2D eigenvalue weighted by Gasteiger charge is 2.10. The Morgan fingerprint density at radius 1 is 1.41 bits per heavy atom. The Hall–Kier alpha value is -2.95. The zero-order valence-electron chi connectivity index (χ0n) is 8.49. The van der Waals surface area contributed by atoms with Gasteiger partial charge in [0.25, 0.3) is 0 Å². The highest BCUT2D eigenvalue weighted by Crippen LogP contribution is 2.17. The predicted molar refractivity (Wildman–Crippen MR) is 57.9 cm³/mol. The van der Waals surface area contributed by atoms with Gasteiger partial charge in [-0.1, -0.05) is 0 Å². The van der Waals surface area contributed by atoms with Crippen molar-refractivity contribution in [2.24, 2.45) is 0 Å². The van der Waals surface area contributed by atoms with Crippen molar-refractivity contribution in [1.82, 2.24) is 29.9 Å². The Kier molecular flexibility index (Phi) is 1.79. The van der Waals surface area contributed by atoms with Gasteiger partial charge >= 0.3 is 0 Å². The van der Waals surface area contributed by atoms with Gasteiger partial charge in [0.1, 0.15) is 6.07 Å². The van der Waals surface area contributed by atoms with Gasteiger partial charge in [-0.2, -0.15) is 25.4 Å². The lowest BCUT2D eigenvalue weighted by Gasteiger charge is -2.01. The number of fused-ring (bicyclic) bond motifs is 1. The first-order valence-corrected chi connectivity index (χ1v) is 4.70. The molecule has 0 bridgehead atoms. The van der Waals surface area contributed by atoms with Gasteiger partial charge in [0, 0.05) is 6.20 Å². The van der Waals surface area contributed by atoms with E-state index in [1.54, 1.807) is 18.5 Å². The summed E-state index contributed by atoms with van der Waals surface area (Å²) in [6.07, 6.45) is 3.21. The van der Waals surface area contributed by atoms with E-state index < -0.39 is 0 Å². The molecule has 0 aliphatic carbocycles. The minimum Gasteiger partial charge on any atom is -0.368 e. The van der Waals surface area contributed by atoms with E-state index in [9.17, 15) is 0 Å². The van der Waals surface area contributed by atoms with Gasteiger partial charge in [0.15, 0.2) is 17.2 Å². The summed E-state index contributed by atoms with van der Waals surface area (Å²) in [5, 5.41) is 20.0. The van der Waals surface area contributed by atoms with Crippen LogP contribution in [-0.4, -0.2) is 29.9 Å². The fourth-order valence-corrected chi connectivity index (χ4v) is 1.51. The molecule has 3 aromatic rings. The molecule has 0 saturated carbocycles. The minimum atomic E-state index is 0.116. The number of nitrogens with two attached hydrogens (primary N) is 1. The Morgan fingerprint density at radius 3 is 3.06 bits per heavy atom. The van der Waals surface area contributed by atoms with Gasteiger partial charge < -0.3 is 5.73 Å². The molecule has 0 saturated heterocycles. The number of rotatable bonds is 1. The van der Waals surface area contributed by atoms with E-state index >= 15 is 0 Å². The van der Waals surface area contributed by atoms with Crippen molar-refractivity contribution in [3.05, 3.63) is 24.2 Å². The second-order valence-corrected chi connectivity index (χ2v) is 3.30. The first-order chi connectivity index (χ1) is 8.28. The van der Waals surface area contributed by atoms with Gasteiger partial charge in [-0.15, -0.1) is 0 Å². The van der Waals surface area contributed by atoms with Crippen LogP contribution in [0.5, 0.6) is 0 Å². The van der Waals surface area contributed by atoms with Crippen LogP contribution in [0.1, 0.15) is 5.69 Å². The van der Waals surface area contributed by atoms with Crippen molar-refractivity contribution in [1.29, 1.82) is 5.26 Å². The number of nitrogens with one attached hydrogen (secondary N) is 1. The number of aromatic amines is 1. The molecule has 3 N–H and O–H groups in total. The molecule has 0 fully saturated rings. The smallest absolute Gasteiger partial charge is 0.224 e. The van der Waals surface area contributed by atoms with Crippen molar-refractivity contribution in [2.45, 2.75) is 0 Å². The molecule has 0 radical (unpaired) electrons. The molecular formula is C9H6N8. The lowest BCUT2D eigenvalue weighted by molar-refractivity contribution is 0.847. The molecule has 8 nitrogen and oxygen atoms in total. The van der Waals surface area contributed by atoms with Crippen LogP contribution >= 0.6 is 0 Å². The number of hydrogen-bond acceptors (Lipinski definition) is 6. The van der Waals surface area contributed by atoms with E-state index in [4.69, 9.17) is 11.0 Å². The molecule has 0 atom stereocenters. The van der Waals surface area contributed by atoms with Gasteiger partial charge in [-0.3, -0.25) is 5.10 Å². The van der Waals surface area contributed by atoms with Gasteiger partial charge in [-0.05, 0) is 6.07 Å². The summed E-state index contributed by atoms with van der Waals surface area (Å²) in [6, 6.07) is 3.53. The Balaban J connectivity index is 2.29. The van der Waals surface area contributed by atoms with Crippen LogP contribution in [0.25, 0.3) is 16.9 Å². The second kappa shape index (κ2) is 3.28. The molecular weight excluding hydrogens is 220 g/mol. The maximum atomic E-state index is 8.72. The van der Waals surface area contributed by atoms with Crippen LogP contribution in [0.3, 0.4) is 0 Å². The third-order valence-corrected chi connectivity index (χ3v) is 2.23. The lowest BCUT2D eigenvalue weighted by Crippen LogP contribution is -2.04. The van der Waals surface area contributed by atoms with E-state index in [-0.39, 0.29) is 5.95 Å². The van der Waals surface area contributed by atoms with Crippen LogP contribution in [-0.2, 0) is 0 Å². The number of nitriles is 1. The first-order valence-electron chi connectivity index (χ1n) is 4.70. The van der Waals surface area contributed by atoms with Crippen LogP contribution in [0.4, 0.5) is 5.95 Å². The van der Waals surface area contributed by atoms with Crippen molar-refractivity contribution < 1.29 is 0 Å². The number of hydrogen-bond donors (Lipinski definition) is 2. The number of aromatic nitrogens is 6. The van der Waals surface area contributed by atoms with Crippen molar-refractivity contribution in [3.8, 4) is 11.9 Å². The zero-order chi connectivity index (χ0) is 11.8. The van der Waals surface area contributed by atoms with Crippen LogP contribution in [0.2, 0.25) is 0 Å². The van der Waals surface area contributed by atoms with Gasteiger partial charge in [-0.25, -0.2) is 4.68 Å². The molecule has 3 aromatic heterocycles. The number of anilines is 1. The van der Waals surface area contributed by atoms with Crippen molar-refractivity contribution >= 4 is 17.0 Å². The van der Waals surface area contributed by atoms with E-state index in [2.05, 4.69) is 25.3 Å². The normalized spacial score (nSPS) is 10.5. The Morgan fingerprint density at radius 2 is 2.29 bits per heavy atom. The average Bonchev–Trinajstić information content (AvgIpc) is 2.95. The zero-order valence-corrected chi connectivity index (χ0v) is 8.49. The highest BCUT2D eigenvalue weighted by molar-refractivity contribution is 5.82. The summed E-state index contributed by atoms with van der Waals surface area (Å²) in [4.78, 5) is 8.08. The van der Waals surface area contributed by atoms with Crippen LogP contribution in [0.15, 0.2) is 18.5 Å². The molecule has 0 aliphatic rings. The van der Waals surface area contributed by atoms with Gasteiger partial charge in [0.2, 0.25) is 5.95 Å². The maximum absolute atomic E-state index is 8.72. The Bertz CT molecular complexity index is 731. The largest absolute Gasteiger partial charge is 0.368 e. The molecule has 0 unspecified atom stereocenters. The van der Waals surface area contributed by atoms with E-state index in [1.165, 1.54) is 4.68 Å². The highest BCUT2D eigenvalue weighted by atomic mass is 15.3. The second-order valence-electron chi connectivity index (χ2n) is 3.30. The third-order valence-electron chi connectivity index (χ3n) is 2.23. The Labute approximate surface area is 94.7 Å². The average molecular weight is 226 g/mol. The lowest BCUT2D eigenvalue weighted by atomic mass is 10.4. The summed E-state index contributed by atoms with van der Waals surface area (Å²) in [5.74, 6) is 0.605. The van der Waals surface area contributed by atoms with E-state index in [1.807, 2.05) is 6.07 Å². The van der Waals surface area contributed by atoms with Gasteiger partial charge in [0.05, 0.1) is 11.6 Å². The van der Waals surface area contributed by atoms with Crippen molar-refractivity contribution in [3.63, 3.8) is 0 Å². The van der Waals surface area contributed by atoms with Crippen LogP contribution < -0.4 is 5.73 Å². The SMILES string of the molecule is N#Cc1ccn(-c2nc(N)nc3[nH]ncc23)n1. The first kappa shape index (κ1) is 9.29. The fourth-order valence-electron chi connectivity index (χ4n) is 1.51. The topological polar surface area (TPSA) is 122 Å². The number of nitrogen functional groups attached to an aromatic ring is 1. The molecule has 3 heterocycles. The molecule has 0 aromatic carbocycles. The molecule has 0 amide bonds. The standard InChI is InChI=1S/C9H6N8/c10-3-5-1-2-17(16-5)8-6-4-12-15-7(6)13-9(11)14-8/h1-2,4H,(H3,11,12,13,14,15). The molecule has 3 rings (SSSR count). The number of nitrogens with zero attached hydrogens (tertiary/aromatic N) is 6. The summed E-state index contributed by atoms with van der Waals surface area (Å²) < 4.78 is 1.47. The molecule has 0 aliphatic heterocycles. The van der Waals surface area contributed by atoms with Crippen molar-refractivity contribution in [2.75, 3.05) is 5.73 Å². The summed E-state index contributed by atoms with van der Waals surface area (Å²) >= 11 is 0. The minimum absolute atomic E-state index is 0.116. The summed E-state index contributed by atoms with van der Waals surface area (Å²) in [5.41, 5.74) is 6.42. The molecule has 82 valence electrons. The summed E-state index contributed by atoms with van der Waals surface area (Å²) in [7, 11) is 0.